The molecule has 108 valence electrons. The summed E-state index contributed by atoms with van der Waals surface area (Å²) in [5.74, 6) is 0.304. The summed E-state index contributed by atoms with van der Waals surface area (Å²) in [7, 11) is 0. The van der Waals surface area contributed by atoms with Crippen LogP contribution in [0.3, 0.4) is 0 Å². The molecule has 0 unspecified atom stereocenters. The Hall–Kier alpha value is -2.11. The van der Waals surface area contributed by atoms with Gasteiger partial charge in [-0.25, -0.2) is 9.78 Å². The molecule has 1 N–H and O–H groups in total. The van der Waals surface area contributed by atoms with Gasteiger partial charge in [-0.05, 0) is 18.6 Å². The Bertz CT molecular complexity index is 649. The molecule has 0 bridgehead atoms. The maximum absolute atomic E-state index is 11.8. The lowest BCUT2D eigenvalue weighted by Crippen LogP contribution is -2.40. The summed E-state index contributed by atoms with van der Waals surface area (Å²) in [5, 5.41) is 0.399. The average molecular weight is 305 g/mol. The zero-order chi connectivity index (χ0) is 14.7. The van der Waals surface area contributed by atoms with Crippen LogP contribution in [0.4, 0.5) is 0 Å². The van der Waals surface area contributed by atoms with Crippen LogP contribution in [0.2, 0.25) is 5.15 Å². The van der Waals surface area contributed by atoms with E-state index in [9.17, 15) is 4.79 Å². The molecule has 0 radical (unpaired) electrons. The molecule has 1 aliphatic heterocycles. The van der Waals surface area contributed by atoms with Gasteiger partial charge in [0.05, 0.1) is 11.6 Å². The number of benzene rings is 1. The summed E-state index contributed by atoms with van der Waals surface area (Å²) in [6, 6.07) is 10.4. The van der Waals surface area contributed by atoms with Crippen molar-refractivity contribution in [2.75, 3.05) is 6.61 Å². The van der Waals surface area contributed by atoms with Crippen LogP contribution in [-0.4, -0.2) is 23.6 Å². The number of aromatic nitrogens is 1. The second-order valence-electron chi connectivity index (χ2n) is 4.70. The minimum absolute atomic E-state index is 0.117. The van der Waals surface area contributed by atoms with Crippen molar-refractivity contribution in [3.05, 3.63) is 58.9 Å². The SMILES string of the molecule is O=C(ON[C@H]1COc2cc(Cl)ncc2C1)c1ccccc1. The lowest BCUT2D eigenvalue weighted by atomic mass is 10.1. The number of nitrogens with zero attached hydrogens (tertiary/aromatic N) is 1. The highest BCUT2D eigenvalue weighted by Crippen LogP contribution is 2.26. The van der Waals surface area contributed by atoms with Crippen molar-refractivity contribution in [2.45, 2.75) is 12.5 Å². The molecule has 21 heavy (non-hydrogen) atoms. The summed E-state index contributed by atoms with van der Waals surface area (Å²) in [6.45, 7) is 0.398. The topological polar surface area (TPSA) is 60.5 Å². The second kappa shape index (κ2) is 6.11. The van der Waals surface area contributed by atoms with E-state index in [1.165, 1.54) is 0 Å². The average Bonchev–Trinajstić information content (AvgIpc) is 2.53. The minimum atomic E-state index is -0.421. The number of carbonyl (C=O) groups excluding carboxylic acids is 1. The van der Waals surface area contributed by atoms with Gasteiger partial charge in [-0.1, -0.05) is 29.8 Å². The Kier molecular flexibility index (Phi) is 4.03. The highest BCUT2D eigenvalue weighted by Gasteiger charge is 2.22. The Labute approximate surface area is 126 Å². The molecule has 1 atom stereocenters. The third-order valence-corrected chi connectivity index (χ3v) is 3.35. The van der Waals surface area contributed by atoms with E-state index in [0.29, 0.717) is 23.7 Å². The highest BCUT2D eigenvalue weighted by atomic mass is 35.5. The third kappa shape index (κ3) is 3.32. The third-order valence-electron chi connectivity index (χ3n) is 3.14. The molecule has 0 amide bonds. The Balaban J connectivity index is 1.58. The van der Waals surface area contributed by atoms with Gasteiger partial charge in [0.15, 0.2) is 0 Å². The van der Waals surface area contributed by atoms with Crippen LogP contribution in [0.25, 0.3) is 0 Å². The van der Waals surface area contributed by atoms with Crippen molar-refractivity contribution in [2.24, 2.45) is 0 Å². The van der Waals surface area contributed by atoms with Crippen LogP contribution in [0.5, 0.6) is 5.75 Å². The van der Waals surface area contributed by atoms with Gasteiger partial charge in [0, 0.05) is 17.8 Å². The molecule has 0 spiro atoms. The highest BCUT2D eigenvalue weighted by molar-refractivity contribution is 6.29. The fourth-order valence-corrected chi connectivity index (χ4v) is 2.24. The number of pyridine rings is 1. The number of hydrogen-bond acceptors (Lipinski definition) is 5. The predicted molar refractivity (Wildman–Crippen MR) is 77.2 cm³/mol. The number of halogens is 1. The van der Waals surface area contributed by atoms with Gasteiger partial charge in [-0.3, -0.25) is 0 Å². The molecule has 0 saturated heterocycles. The van der Waals surface area contributed by atoms with Gasteiger partial charge in [0.1, 0.15) is 17.5 Å². The quantitative estimate of drug-likeness (QED) is 0.697. The molecule has 0 fully saturated rings. The van der Waals surface area contributed by atoms with Crippen molar-refractivity contribution >= 4 is 17.6 Å². The van der Waals surface area contributed by atoms with Gasteiger partial charge in [0.2, 0.25) is 0 Å². The number of rotatable bonds is 3. The summed E-state index contributed by atoms with van der Waals surface area (Å²) in [6.07, 6.45) is 2.33. The first-order valence-electron chi connectivity index (χ1n) is 6.51. The molecule has 0 aliphatic carbocycles. The van der Waals surface area contributed by atoms with E-state index in [2.05, 4.69) is 10.5 Å². The van der Waals surface area contributed by atoms with Gasteiger partial charge in [0.25, 0.3) is 0 Å². The molecule has 5 nitrogen and oxygen atoms in total. The number of carbonyl (C=O) groups is 1. The number of hydroxylamine groups is 1. The second-order valence-corrected chi connectivity index (χ2v) is 5.09. The van der Waals surface area contributed by atoms with E-state index >= 15 is 0 Å². The first-order valence-corrected chi connectivity index (χ1v) is 6.89. The minimum Gasteiger partial charge on any atom is -0.491 e. The van der Waals surface area contributed by atoms with Gasteiger partial charge in [-0.15, -0.1) is 5.48 Å². The normalized spacial score (nSPS) is 16.7. The van der Waals surface area contributed by atoms with Crippen LogP contribution >= 0.6 is 11.6 Å². The van der Waals surface area contributed by atoms with Gasteiger partial charge in [-0.2, -0.15) is 0 Å². The van der Waals surface area contributed by atoms with Crippen molar-refractivity contribution in [1.29, 1.82) is 0 Å². The first-order chi connectivity index (χ1) is 10.2. The fourth-order valence-electron chi connectivity index (χ4n) is 2.09. The van der Waals surface area contributed by atoms with Crippen LogP contribution in [0.1, 0.15) is 15.9 Å². The smallest absolute Gasteiger partial charge is 0.356 e. The number of ether oxygens (including phenoxy) is 1. The molecule has 6 heteroatoms. The standard InChI is InChI=1S/C15H13ClN2O3/c16-14-7-13-11(8-17-14)6-12(9-20-13)18-21-15(19)10-4-2-1-3-5-10/h1-5,7-8,12,18H,6,9H2/t12-/m1/s1. The molecule has 1 aromatic carbocycles. The van der Waals surface area contributed by atoms with E-state index in [4.69, 9.17) is 21.2 Å². The van der Waals surface area contributed by atoms with Crippen LogP contribution in [-0.2, 0) is 11.3 Å². The Morgan fingerprint density at radius 3 is 3.00 bits per heavy atom. The summed E-state index contributed by atoms with van der Waals surface area (Å²) >= 11 is 5.81. The number of nitrogens with one attached hydrogen (secondary N) is 1. The lowest BCUT2D eigenvalue weighted by molar-refractivity contribution is 0.00803. The molecule has 1 aromatic heterocycles. The van der Waals surface area contributed by atoms with Gasteiger partial charge >= 0.3 is 5.97 Å². The van der Waals surface area contributed by atoms with Crippen molar-refractivity contribution in [3.63, 3.8) is 0 Å². The summed E-state index contributed by atoms with van der Waals surface area (Å²) in [4.78, 5) is 20.9. The molecule has 0 saturated carbocycles. The molecular formula is C15H13ClN2O3. The zero-order valence-electron chi connectivity index (χ0n) is 11.1. The van der Waals surface area contributed by atoms with Crippen molar-refractivity contribution in [3.8, 4) is 5.75 Å². The molecule has 2 aromatic rings. The van der Waals surface area contributed by atoms with E-state index < -0.39 is 5.97 Å². The van der Waals surface area contributed by atoms with E-state index in [1.807, 2.05) is 6.07 Å². The van der Waals surface area contributed by atoms with E-state index in [-0.39, 0.29) is 6.04 Å². The Morgan fingerprint density at radius 2 is 2.19 bits per heavy atom. The summed E-state index contributed by atoms with van der Waals surface area (Å²) < 4.78 is 5.58. The monoisotopic (exact) mass is 304 g/mol. The Morgan fingerprint density at radius 1 is 1.38 bits per heavy atom. The summed E-state index contributed by atoms with van der Waals surface area (Å²) in [5.41, 5.74) is 4.17. The maximum Gasteiger partial charge on any atom is 0.356 e. The van der Waals surface area contributed by atoms with E-state index in [0.717, 1.165) is 11.3 Å². The zero-order valence-corrected chi connectivity index (χ0v) is 11.8. The first kappa shape index (κ1) is 13.9. The fraction of sp³-hybridized carbons (Fsp3) is 0.200. The number of hydrogen-bond donors (Lipinski definition) is 1. The molecular weight excluding hydrogens is 292 g/mol. The number of fused-ring (bicyclic) bond motifs is 1. The lowest BCUT2D eigenvalue weighted by Gasteiger charge is -2.25. The van der Waals surface area contributed by atoms with Crippen molar-refractivity contribution in [1.82, 2.24) is 10.5 Å². The molecule has 2 heterocycles. The van der Waals surface area contributed by atoms with Crippen molar-refractivity contribution < 1.29 is 14.4 Å². The van der Waals surface area contributed by atoms with Crippen LogP contribution in [0.15, 0.2) is 42.6 Å². The molecule has 3 rings (SSSR count). The van der Waals surface area contributed by atoms with E-state index in [1.54, 1.807) is 36.5 Å². The van der Waals surface area contributed by atoms with Gasteiger partial charge < -0.3 is 9.57 Å². The van der Waals surface area contributed by atoms with Crippen LogP contribution in [0, 0.1) is 0 Å². The largest absolute Gasteiger partial charge is 0.491 e. The van der Waals surface area contributed by atoms with Crippen LogP contribution < -0.4 is 10.2 Å². The molecule has 1 aliphatic rings. The predicted octanol–water partition coefficient (Wildman–Crippen LogP) is 2.40. The maximum atomic E-state index is 11.8.